The summed E-state index contributed by atoms with van der Waals surface area (Å²) in [6, 6.07) is 8.87. The Kier molecular flexibility index (Phi) is 6.98. The van der Waals surface area contributed by atoms with E-state index < -0.39 is 21.4 Å². The number of carbonyl (C=O) groups is 1. The van der Waals surface area contributed by atoms with Crippen LogP contribution in [0.1, 0.15) is 23.7 Å². The van der Waals surface area contributed by atoms with Crippen LogP contribution in [0.3, 0.4) is 0 Å². The standard InChI is InChI=1S/C20H18ClF3N4O4S/c1-3-10-28(2)18(29)12-4-6-13(7-5-12)26-19-25-11-14-15(27-19)8-9-16(17(14)21)32-33(30,31)20(22,23)24/h4-9,11H,3,10H2,1-2H3,(H,25,26,27). The molecule has 0 spiro atoms. The zero-order valence-corrected chi connectivity index (χ0v) is 18.9. The van der Waals surface area contributed by atoms with Gasteiger partial charge < -0.3 is 14.4 Å². The maximum Gasteiger partial charge on any atom is 0.534 e. The van der Waals surface area contributed by atoms with Crippen LogP contribution in [0.4, 0.5) is 24.8 Å². The number of amides is 1. The quantitative estimate of drug-likeness (QED) is 0.368. The Balaban J connectivity index is 1.80. The second-order valence-corrected chi connectivity index (χ2v) is 8.83. The highest BCUT2D eigenvalue weighted by Gasteiger charge is 2.48. The number of hydrogen-bond acceptors (Lipinski definition) is 7. The Hall–Kier alpha value is -3.12. The van der Waals surface area contributed by atoms with E-state index in [1.165, 1.54) is 12.3 Å². The molecule has 1 N–H and O–H groups in total. The molecule has 0 fully saturated rings. The zero-order valence-electron chi connectivity index (χ0n) is 17.4. The summed E-state index contributed by atoms with van der Waals surface area (Å²) < 4.78 is 64.2. The first-order valence-corrected chi connectivity index (χ1v) is 11.3. The van der Waals surface area contributed by atoms with Crippen LogP contribution >= 0.6 is 11.6 Å². The fourth-order valence-electron chi connectivity index (χ4n) is 2.82. The van der Waals surface area contributed by atoms with E-state index >= 15 is 0 Å². The van der Waals surface area contributed by atoms with Crippen LogP contribution in [0.15, 0.2) is 42.6 Å². The fourth-order valence-corrected chi connectivity index (χ4v) is 3.59. The molecule has 8 nitrogen and oxygen atoms in total. The summed E-state index contributed by atoms with van der Waals surface area (Å²) in [5.74, 6) is -0.651. The highest BCUT2D eigenvalue weighted by molar-refractivity contribution is 7.88. The van der Waals surface area contributed by atoms with Crippen molar-refractivity contribution in [2.24, 2.45) is 0 Å². The largest absolute Gasteiger partial charge is 0.534 e. The van der Waals surface area contributed by atoms with E-state index in [0.29, 0.717) is 17.8 Å². The second-order valence-electron chi connectivity index (χ2n) is 6.92. The monoisotopic (exact) mass is 502 g/mol. The third kappa shape index (κ3) is 5.45. The smallest absolute Gasteiger partial charge is 0.374 e. The van der Waals surface area contributed by atoms with Crippen molar-refractivity contribution in [3.05, 3.63) is 53.2 Å². The summed E-state index contributed by atoms with van der Waals surface area (Å²) in [6.07, 6.45) is 2.06. The summed E-state index contributed by atoms with van der Waals surface area (Å²) in [6.45, 7) is 2.62. The minimum atomic E-state index is -5.87. The lowest BCUT2D eigenvalue weighted by molar-refractivity contribution is -0.0500. The van der Waals surface area contributed by atoms with Gasteiger partial charge in [-0.1, -0.05) is 18.5 Å². The van der Waals surface area contributed by atoms with Crippen LogP contribution < -0.4 is 9.50 Å². The highest BCUT2D eigenvalue weighted by atomic mass is 35.5. The van der Waals surface area contributed by atoms with Crippen LogP contribution in [-0.2, 0) is 10.1 Å². The van der Waals surface area contributed by atoms with Crippen molar-refractivity contribution in [1.29, 1.82) is 0 Å². The molecular weight excluding hydrogens is 485 g/mol. The predicted octanol–water partition coefficient (Wildman–Crippen LogP) is 4.74. The number of hydrogen-bond donors (Lipinski definition) is 1. The number of halogens is 4. The third-order valence-corrected chi connectivity index (χ3v) is 5.80. The van der Waals surface area contributed by atoms with Crippen molar-refractivity contribution >= 4 is 50.2 Å². The van der Waals surface area contributed by atoms with E-state index in [1.807, 2.05) is 6.92 Å². The molecule has 33 heavy (non-hydrogen) atoms. The molecule has 0 saturated heterocycles. The van der Waals surface area contributed by atoms with Gasteiger partial charge in [0.25, 0.3) is 5.91 Å². The minimum Gasteiger partial charge on any atom is -0.374 e. The first kappa shape index (κ1) is 24.5. The van der Waals surface area contributed by atoms with E-state index in [-0.39, 0.29) is 27.8 Å². The Bertz CT molecular complexity index is 1280. The lowest BCUT2D eigenvalue weighted by atomic mass is 10.2. The number of benzene rings is 2. The maximum atomic E-state index is 12.6. The summed E-state index contributed by atoms with van der Waals surface area (Å²) in [4.78, 5) is 22.2. The van der Waals surface area contributed by atoms with Crippen molar-refractivity contribution in [1.82, 2.24) is 14.9 Å². The molecule has 0 aliphatic rings. The van der Waals surface area contributed by atoms with Crippen LogP contribution in [0.5, 0.6) is 5.75 Å². The van der Waals surface area contributed by atoms with E-state index in [9.17, 15) is 26.4 Å². The summed E-state index contributed by atoms with van der Waals surface area (Å²) >= 11 is 6.01. The van der Waals surface area contributed by atoms with Gasteiger partial charge in [-0.15, -0.1) is 0 Å². The summed E-state index contributed by atoms with van der Waals surface area (Å²) in [5, 5.41) is 2.65. The first-order chi connectivity index (χ1) is 15.4. The van der Waals surface area contributed by atoms with Gasteiger partial charge in [0.1, 0.15) is 0 Å². The Morgan fingerprint density at radius 1 is 1.18 bits per heavy atom. The molecule has 176 valence electrons. The molecule has 3 aromatic rings. The average molecular weight is 503 g/mol. The number of anilines is 2. The van der Waals surface area contributed by atoms with Crippen molar-refractivity contribution in [2.45, 2.75) is 18.9 Å². The second kappa shape index (κ2) is 9.40. The van der Waals surface area contributed by atoms with Gasteiger partial charge in [0.15, 0.2) is 5.75 Å². The van der Waals surface area contributed by atoms with Crippen molar-refractivity contribution < 1.29 is 30.6 Å². The molecule has 1 amide bonds. The molecule has 0 aliphatic heterocycles. The third-order valence-electron chi connectivity index (χ3n) is 4.44. The van der Waals surface area contributed by atoms with Gasteiger partial charge in [0.05, 0.1) is 10.5 Å². The molecule has 3 rings (SSSR count). The van der Waals surface area contributed by atoms with E-state index in [1.54, 1.807) is 36.2 Å². The van der Waals surface area contributed by atoms with Crippen LogP contribution in [0, 0.1) is 0 Å². The Labute approximate surface area is 192 Å². The first-order valence-electron chi connectivity index (χ1n) is 9.51. The molecule has 1 aromatic heterocycles. The summed E-state index contributed by atoms with van der Waals surface area (Å²) in [7, 11) is -4.15. The van der Waals surface area contributed by atoms with E-state index in [4.69, 9.17) is 11.6 Å². The van der Waals surface area contributed by atoms with Crippen LogP contribution in [0.25, 0.3) is 10.9 Å². The number of fused-ring (bicyclic) bond motifs is 1. The molecule has 0 atom stereocenters. The molecule has 2 aromatic carbocycles. The van der Waals surface area contributed by atoms with Crippen molar-refractivity contribution in [2.75, 3.05) is 18.9 Å². The molecule has 0 unspecified atom stereocenters. The maximum absolute atomic E-state index is 12.6. The zero-order chi connectivity index (χ0) is 24.4. The molecule has 1 heterocycles. The van der Waals surface area contributed by atoms with Gasteiger partial charge in [-0.05, 0) is 42.8 Å². The van der Waals surface area contributed by atoms with Gasteiger partial charge in [-0.2, -0.15) is 21.6 Å². The number of carbonyl (C=O) groups excluding carboxylic acids is 1. The molecule has 0 aliphatic carbocycles. The molecule has 13 heteroatoms. The molecule has 0 bridgehead atoms. The number of nitrogens with zero attached hydrogens (tertiary/aromatic N) is 3. The van der Waals surface area contributed by atoms with Crippen LogP contribution in [0.2, 0.25) is 5.02 Å². The minimum absolute atomic E-state index is 0.0944. The number of rotatable bonds is 7. The van der Waals surface area contributed by atoms with Gasteiger partial charge in [-0.3, -0.25) is 4.79 Å². The van der Waals surface area contributed by atoms with Gasteiger partial charge >= 0.3 is 15.6 Å². The Morgan fingerprint density at radius 2 is 1.85 bits per heavy atom. The van der Waals surface area contributed by atoms with Gasteiger partial charge in [-0.25, -0.2) is 9.97 Å². The van der Waals surface area contributed by atoms with Gasteiger partial charge in [0.2, 0.25) is 5.95 Å². The highest BCUT2D eigenvalue weighted by Crippen LogP contribution is 2.35. The predicted molar refractivity (Wildman–Crippen MR) is 117 cm³/mol. The summed E-state index contributed by atoms with van der Waals surface area (Å²) in [5.41, 5.74) is -4.25. The topological polar surface area (TPSA) is 101 Å². The lowest BCUT2D eigenvalue weighted by Gasteiger charge is -2.16. The van der Waals surface area contributed by atoms with Crippen molar-refractivity contribution in [3.8, 4) is 5.75 Å². The van der Waals surface area contributed by atoms with E-state index in [0.717, 1.165) is 12.5 Å². The fraction of sp³-hybridized carbons (Fsp3) is 0.250. The number of nitrogens with one attached hydrogen (secondary N) is 1. The normalized spacial score (nSPS) is 11.9. The average Bonchev–Trinajstić information content (AvgIpc) is 2.75. The Morgan fingerprint density at radius 3 is 2.45 bits per heavy atom. The van der Waals surface area contributed by atoms with Crippen molar-refractivity contribution in [3.63, 3.8) is 0 Å². The van der Waals surface area contributed by atoms with Gasteiger partial charge in [0, 0.05) is 36.4 Å². The van der Waals surface area contributed by atoms with E-state index in [2.05, 4.69) is 19.5 Å². The number of aromatic nitrogens is 2. The van der Waals surface area contributed by atoms with Crippen LogP contribution in [-0.4, -0.2) is 48.3 Å². The molecule has 0 saturated carbocycles. The lowest BCUT2D eigenvalue weighted by Crippen LogP contribution is -2.28. The SMILES string of the molecule is CCCN(C)C(=O)c1ccc(Nc2ncc3c(Cl)c(OS(=O)(=O)C(F)(F)F)ccc3n2)cc1. The molecule has 0 radical (unpaired) electrons. The molecular formula is C20H18ClF3N4O4S. The number of alkyl halides is 3.